The number of rotatable bonds is 5. The van der Waals surface area contributed by atoms with E-state index in [2.05, 4.69) is 10.3 Å². The minimum Gasteiger partial charge on any atom is -0.326 e. The first-order valence-corrected chi connectivity index (χ1v) is 9.82. The van der Waals surface area contributed by atoms with Crippen LogP contribution in [-0.2, 0) is 25.9 Å². The number of imidazole rings is 1. The number of aryl methyl sites for hydroxylation is 3. The second-order valence-corrected chi connectivity index (χ2v) is 7.79. The van der Waals surface area contributed by atoms with Crippen molar-refractivity contribution in [1.82, 2.24) is 18.7 Å². The molecule has 0 bridgehead atoms. The number of benzene rings is 1. The molecule has 0 aliphatic rings. The van der Waals surface area contributed by atoms with Crippen molar-refractivity contribution in [3.8, 4) is 0 Å². The Morgan fingerprint density at radius 2 is 1.82 bits per heavy atom. The summed E-state index contributed by atoms with van der Waals surface area (Å²) < 4.78 is 4.16. The van der Waals surface area contributed by atoms with Gasteiger partial charge in [-0.25, -0.2) is 9.78 Å². The van der Waals surface area contributed by atoms with Crippen LogP contribution in [0.2, 0.25) is 0 Å². The summed E-state index contributed by atoms with van der Waals surface area (Å²) in [5.74, 6) is 0.422. The van der Waals surface area contributed by atoms with E-state index in [1.165, 1.54) is 23.4 Å². The maximum absolute atomic E-state index is 12.3. The Balaban J connectivity index is 1.73. The third-order valence-electron chi connectivity index (χ3n) is 4.86. The Labute approximate surface area is 166 Å². The second-order valence-electron chi connectivity index (χ2n) is 6.73. The molecule has 0 radical (unpaired) electrons. The zero-order chi connectivity index (χ0) is 20.6. The Kier molecular flexibility index (Phi) is 5.46. The molecule has 1 N–H and O–H groups in total. The monoisotopic (exact) mass is 401 g/mol. The molecule has 0 saturated carbocycles. The third-order valence-corrected chi connectivity index (χ3v) is 5.89. The van der Waals surface area contributed by atoms with Gasteiger partial charge in [0.15, 0.2) is 16.3 Å². The van der Waals surface area contributed by atoms with Crippen molar-refractivity contribution in [1.29, 1.82) is 0 Å². The molecule has 0 atom stereocenters. The highest BCUT2D eigenvalue weighted by Gasteiger charge is 2.17. The van der Waals surface area contributed by atoms with Gasteiger partial charge in [-0.1, -0.05) is 23.9 Å². The molecule has 0 unspecified atom stereocenters. The first-order valence-electron chi connectivity index (χ1n) is 8.83. The Morgan fingerprint density at radius 3 is 2.54 bits per heavy atom. The molecule has 1 aromatic carbocycles. The van der Waals surface area contributed by atoms with Crippen LogP contribution in [0.1, 0.15) is 17.5 Å². The maximum Gasteiger partial charge on any atom is 0.332 e. The van der Waals surface area contributed by atoms with Gasteiger partial charge >= 0.3 is 5.69 Å². The molecular formula is C19H23N5O3S. The van der Waals surface area contributed by atoms with Crippen LogP contribution in [0.25, 0.3) is 11.2 Å². The first kappa shape index (κ1) is 19.9. The molecule has 0 aliphatic carbocycles. The van der Waals surface area contributed by atoms with Crippen LogP contribution >= 0.6 is 11.8 Å². The van der Waals surface area contributed by atoms with Crippen LogP contribution in [0, 0.1) is 13.8 Å². The summed E-state index contributed by atoms with van der Waals surface area (Å²) in [5, 5.41) is 3.52. The number of nitrogens with zero attached hydrogens (tertiary/aromatic N) is 4. The Bertz CT molecular complexity index is 1190. The molecule has 0 saturated heterocycles. The average molecular weight is 401 g/mol. The fraction of sp³-hybridized carbons (Fsp3) is 0.368. The lowest BCUT2D eigenvalue weighted by Crippen LogP contribution is -2.37. The molecule has 0 spiro atoms. The maximum atomic E-state index is 12.3. The van der Waals surface area contributed by atoms with Crippen molar-refractivity contribution < 1.29 is 4.79 Å². The molecule has 3 rings (SSSR count). The molecule has 148 valence electrons. The highest BCUT2D eigenvalue weighted by molar-refractivity contribution is 7.99. The molecule has 2 heterocycles. The summed E-state index contributed by atoms with van der Waals surface area (Å²) in [6, 6.07) is 5.80. The van der Waals surface area contributed by atoms with Gasteiger partial charge in [-0.2, -0.15) is 0 Å². The topological polar surface area (TPSA) is 90.9 Å². The Hall–Kier alpha value is -2.81. The van der Waals surface area contributed by atoms with Crippen molar-refractivity contribution in [3.63, 3.8) is 0 Å². The van der Waals surface area contributed by atoms with Crippen molar-refractivity contribution >= 4 is 34.5 Å². The largest absolute Gasteiger partial charge is 0.332 e. The molecule has 28 heavy (non-hydrogen) atoms. The van der Waals surface area contributed by atoms with Gasteiger partial charge < -0.3 is 9.88 Å². The lowest BCUT2D eigenvalue weighted by atomic mass is 10.1. The number of carbonyl (C=O) groups is 1. The van der Waals surface area contributed by atoms with Crippen molar-refractivity contribution in [2.75, 3.05) is 11.1 Å². The van der Waals surface area contributed by atoms with E-state index >= 15 is 0 Å². The zero-order valence-corrected chi connectivity index (χ0v) is 17.4. The van der Waals surface area contributed by atoms with E-state index in [0.29, 0.717) is 23.0 Å². The van der Waals surface area contributed by atoms with Crippen LogP contribution in [0.3, 0.4) is 0 Å². The number of nitrogens with one attached hydrogen (secondary N) is 1. The third kappa shape index (κ3) is 3.49. The number of amides is 1. The summed E-state index contributed by atoms with van der Waals surface area (Å²) in [6.45, 7) is 3.98. The minimum atomic E-state index is -0.423. The summed E-state index contributed by atoms with van der Waals surface area (Å²) in [6.07, 6.45) is 0.304. The number of aromatic nitrogens is 4. The number of hydrogen-bond acceptors (Lipinski definition) is 5. The van der Waals surface area contributed by atoms with Gasteiger partial charge in [0.2, 0.25) is 5.91 Å². The molecule has 1 amide bonds. The van der Waals surface area contributed by atoms with Crippen LogP contribution < -0.4 is 16.6 Å². The SMILES string of the molecule is Cc1cccc(NC(=O)CCSc2nc3c(=O)n(C)c(=O)n(C)c3n2C)c1C. The van der Waals surface area contributed by atoms with Gasteiger partial charge in [0.05, 0.1) is 0 Å². The van der Waals surface area contributed by atoms with E-state index in [1.807, 2.05) is 32.0 Å². The summed E-state index contributed by atoms with van der Waals surface area (Å²) in [7, 11) is 4.80. The molecule has 0 aliphatic heterocycles. The highest BCUT2D eigenvalue weighted by Crippen LogP contribution is 2.22. The quantitative estimate of drug-likeness (QED) is 0.657. The van der Waals surface area contributed by atoms with Gasteiger partial charge in [0, 0.05) is 39.0 Å². The lowest BCUT2D eigenvalue weighted by Gasteiger charge is -2.10. The van der Waals surface area contributed by atoms with Gasteiger partial charge in [-0.05, 0) is 31.0 Å². The van der Waals surface area contributed by atoms with E-state index in [1.54, 1.807) is 18.7 Å². The fourth-order valence-electron chi connectivity index (χ4n) is 3.02. The highest BCUT2D eigenvalue weighted by atomic mass is 32.2. The van der Waals surface area contributed by atoms with E-state index < -0.39 is 11.2 Å². The number of thioether (sulfide) groups is 1. The predicted octanol–water partition coefficient (Wildman–Crippen LogP) is 1.71. The van der Waals surface area contributed by atoms with E-state index in [-0.39, 0.29) is 11.4 Å². The Morgan fingerprint density at radius 1 is 1.11 bits per heavy atom. The van der Waals surface area contributed by atoms with Gasteiger partial charge in [0.25, 0.3) is 5.56 Å². The van der Waals surface area contributed by atoms with Gasteiger partial charge in [-0.15, -0.1) is 0 Å². The minimum absolute atomic E-state index is 0.0803. The van der Waals surface area contributed by atoms with E-state index in [0.717, 1.165) is 21.4 Å². The van der Waals surface area contributed by atoms with Crippen LogP contribution in [0.15, 0.2) is 32.9 Å². The predicted molar refractivity (Wildman–Crippen MR) is 111 cm³/mol. The standard InChI is InChI=1S/C19H23N5O3S/c1-11-7-6-8-13(12(11)2)20-14(25)9-10-28-18-21-15-16(22(18)3)23(4)19(27)24(5)17(15)26/h6-8H,9-10H2,1-5H3,(H,20,25). The van der Waals surface area contributed by atoms with E-state index in [9.17, 15) is 14.4 Å². The van der Waals surface area contributed by atoms with Crippen molar-refractivity contribution in [2.24, 2.45) is 21.1 Å². The first-order chi connectivity index (χ1) is 13.2. The van der Waals surface area contributed by atoms with Crippen LogP contribution in [0.4, 0.5) is 5.69 Å². The summed E-state index contributed by atoms with van der Waals surface area (Å²) in [4.78, 5) is 41.1. The molecule has 9 heteroatoms. The molecule has 8 nitrogen and oxygen atoms in total. The summed E-state index contributed by atoms with van der Waals surface area (Å²) in [5.41, 5.74) is 2.88. The molecule has 0 fully saturated rings. The second kappa shape index (κ2) is 7.67. The van der Waals surface area contributed by atoms with Crippen molar-refractivity contribution in [3.05, 3.63) is 50.2 Å². The van der Waals surface area contributed by atoms with Gasteiger partial charge in [0.1, 0.15) is 0 Å². The molecule has 3 aromatic rings. The smallest absolute Gasteiger partial charge is 0.326 e. The summed E-state index contributed by atoms with van der Waals surface area (Å²) >= 11 is 1.38. The molecular weight excluding hydrogens is 378 g/mol. The lowest BCUT2D eigenvalue weighted by molar-refractivity contribution is -0.115. The number of carbonyl (C=O) groups excluding carboxylic acids is 1. The van der Waals surface area contributed by atoms with Crippen LogP contribution in [-0.4, -0.2) is 30.3 Å². The van der Waals surface area contributed by atoms with Crippen molar-refractivity contribution in [2.45, 2.75) is 25.4 Å². The number of fused-ring (bicyclic) bond motifs is 1. The average Bonchev–Trinajstić information content (AvgIpc) is 2.99. The van der Waals surface area contributed by atoms with Crippen LogP contribution in [0.5, 0.6) is 0 Å². The number of anilines is 1. The fourth-order valence-corrected chi connectivity index (χ4v) is 3.93. The van der Waals surface area contributed by atoms with Gasteiger partial charge in [-0.3, -0.25) is 18.7 Å². The number of hydrogen-bond donors (Lipinski definition) is 1. The normalized spacial score (nSPS) is 11.2. The van der Waals surface area contributed by atoms with E-state index in [4.69, 9.17) is 0 Å². The zero-order valence-electron chi connectivity index (χ0n) is 16.6. The molecule has 2 aromatic heterocycles.